The first-order valence-electron chi connectivity index (χ1n) is 13.7. The van der Waals surface area contributed by atoms with Crippen LogP contribution in [0.1, 0.15) is 83.8 Å². The molecule has 2 aromatic heterocycles. The van der Waals surface area contributed by atoms with Gasteiger partial charge >= 0.3 is 6.09 Å². The van der Waals surface area contributed by atoms with Gasteiger partial charge in [-0.05, 0) is 65.2 Å². The van der Waals surface area contributed by atoms with Crippen molar-refractivity contribution >= 4 is 35.2 Å². The number of rotatable bonds is 7. The number of thiazole rings is 1. The zero-order valence-corrected chi connectivity index (χ0v) is 25.2. The average Bonchev–Trinajstić information content (AvgIpc) is 3.59. The number of pyridine rings is 1. The number of aromatic nitrogens is 2. The molecule has 1 aliphatic heterocycles. The minimum absolute atomic E-state index is 0.0492. The number of amides is 4. The highest BCUT2D eigenvalue weighted by molar-refractivity contribution is 7.09. The molecule has 42 heavy (non-hydrogen) atoms. The van der Waals surface area contributed by atoms with Crippen LogP contribution in [0.4, 0.5) is 4.79 Å². The summed E-state index contributed by atoms with van der Waals surface area (Å²) >= 11 is 1.52. The highest BCUT2D eigenvalue weighted by Gasteiger charge is 2.37. The van der Waals surface area contributed by atoms with Gasteiger partial charge in [-0.25, -0.2) is 14.8 Å². The van der Waals surface area contributed by atoms with Crippen molar-refractivity contribution in [3.8, 4) is 0 Å². The molecule has 1 fully saturated rings. The van der Waals surface area contributed by atoms with Crippen LogP contribution in [0.2, 0.25) is 0 Å². The molecule has 0 bridgehead atoms. The van der Waals surface area contributed by atoms with Gasteiger partial charge in [0.15, 0.2) is 0 Å². The van der Waals surface area contributed by atoms with E-state index in [-0.39, 0.29) is 29.8 Å². The lowest BCUT2D eigenvalue weighted by Gasteiger charge is -2.31. The summed E-state index contributed by atoms with van der Waals surface area (Å²) in [6, 6.07) is 13.6. The molecule has 1 saturated heterocycles. The number of carbonyl (C=O) groups is 4. The van der Waals surface area contributed by atoms with Gasteiger partial charge in [-0.15, -0.1) is 11.3 Å². The maximum atomic E-state index is 13.4. The monoisotopic (exact) mass is 592 g/mol. The zero-order valence-electron chi connectivity index (χ0n) is 24.4. The van der Waals surface area contributed by atoms with E-state index < -0.39 is 29.0 Å². The minimum Gasteiger partial charge on any atom is -0.444 e. The lowest BCUT2D eigenvalue weighted by molar-refractivity contribution is -0.127. The number of alkyl carbamates (subject to hydrolysis) is 1. The normalized spacial score (nSPS) is 16.3. The van der Waals surface area contributed by atoms with Gasteiger partial charge in [0.2, 0.25) is 0 Å². The molecule has 1 aliphatic rings. The molecule has 4 rings (SSSR count). The molecule has 0 aliphatic carbocycles. The first-order chi connectivity index (χ1) is 19.8. The van der Waals surface area contributed by atoms with E-state index in [4.69, 9.17) is 4.74 Å². The average molecular weight is 593 g/mol. The highest BCUT2D eigenvalue weighted by atomic mass is 32.1. The Morgan fingerprint density at radius 2 is 1.69 bits per heavy atom. The van der Waals surface area contributed by atoms with Crippen LogP contribution in [0, 0.1) is 6.92 Å². The van der Waals surface area contributed by atoms with Gasteiger partial charge in [-0.2, -0.15) is 0 Å². The molecule has 1 aromatic carbocycles. The highest BCUT2D eigenvalue weighted by Crippen LogP contribution is 2.34. The first-order valence-corrected chi connectivity index (χ1v) is 14.6. The summed E-state index contributed by atoms with van der Waals surface area (Å²) in [6.45, 7) is 9.19. The van der Waals surface area contributed by atoms with Crippen molar-refractivity contribution in [2.45, 2.75) is 71.1 Å². The molecular weight excluding hydrogens is 556 g/mol. The van der Waals surface area contributed by atoms with Crippen LogP contribution in [0.5, 0.6) is 0 Å². The third-order valence-corrected chi connectivity index (χ3v) is 7.67. The summed E-state index contributed by atoms with van der Waals surface area (Å²) in [5, 5.41) is 5.48. The van der Waals surface area contributed by atoms with Gasteiger partial charge in [0.1, 0.15) is 27.5 Å². The second-order valence-corrected chi connectivity index (χ2v) is 12.3. The SMILES string of the molecule is Cc1csc(C2CCCN2C(=O)c2cccc(C(=O)NNC(=O)C(C)(Cc3ccccc3)NC(=O)OC(C)(C)C)n2)n1. The molecule has 2 unspecified atom stereocenters. The molecule has 4 amide bonds. The quantitative estimate of drug-likeness (QED) is 0.351. The Hall–Kier alpha value is -4.32. The predicted molar refractivity (Wildman–Crippen MR) is 158 cm³/mol. The number of hydrazine groups is 1. The van der Waals surface area contributed by atoms with E-state index in [9.17, 15) is 19.2 Å². The van der Waals surface area contributed by atoms with E-state index >= 15 is 0 Å². The van der Waals surface area contributed by atoms with Crippen LogP contribution < -0.4 is 16.2 Å². The van der Waals surface area contributed by atoms with Gasteiger partial charge in [-0.3, -0.25) is 25.2 Å². The molecule has 3 heterocycles. The Balaban J connectivity index is 1.45. The maximum Gasteiger partial charge on any atom is 0.408 e. The van der Waals surface area contributed by atoms with E-state index in [0.29, 0.717) is 6.54 Å². The summed E-state index contributed by atoms with van der Waals surface area (Å²) in [4.78, 5) is 62.9. The topological polar surface area (TPSA) is 143 Å². The number of nitrogens with one attached hydrogen (secondary N) is 3. The molecule has 2 atom stereocenters. The number of aryl methyl sites for hydroxylation is 1. The predicted octanol–water partition coefficient (Wildman–Crippen LogP) is 4.11. The van der Waals surface area contributed by atoms with Crippen LogP contribution >= 0.6 is 11.3 Å². The number of nitrogens with zero attached hydrogens (tertiary/aromatic N) is 3. The number of ether oxygens (including phenoxy) is 1. The van der Waals surface area contributed by atoms with E-state index in [1.807, 2.05) is 42.6 Å². The lowest BCUT2D eigenvalue weighted by Crippen LogP contribution is -2.61. The first kappa shape index (κ1) is 30.6. The van der Waals surface area contributed by atoms with E-state index in [2.05, 4.69) is 26.1 Å². The minimum atomic E-state index is -1.47. The summed E-state index contributed by atoms with van der Waals surface area (Å²) in [6.07, 6.45) is 1.01. The Morgan fingerprint density at radius 3 is 2.36 bits per heavy atom. The summed E-state index contributed by atoms with van der Waals surface area (Å²) in [7, 11) is 0. The molecule has 0 saturated carbocycles. The second-order valence-electron chi connectivity index (χ2n) is 11.4. The van der Waals surface area contributed by atoms with Gasteiger partial charge in [0.05, 0.1) is 6.04 Å². The van der Waals surface area contributed by atoms with Crippen molar-refractivity contribution in [1.82, 2.24) is 31.0 Å². The number of hydrogen-bond acceptors (Lipinski definition) is 8. The van der Waals surface area contributed by atoms with Crippen LogP contribution in [-0.4, -0.2) is 56.4 Å². The molecule has 12 heteroatoms. The van der Waals surface area contributed by atoms with Gasteiger partial charge in [-0.1, -0.05) is 36.4 Å². The lowest BCUT2D eigenvalue weighted by atomic mass is 9.92. The molecule has 3 N–H and O–H groups in total. The molecule has 3 aromatic rings. The van der Waals surface area contributed by atoms with Crippen molar-refractivity contribution in [2.75, 3.05) is 6.54 Å². The third-order valence-electron chi connectivity index (χ3n) is 6.60. The van der Waals surface area contributed by atoms with Crippen molar-refractivity contribution in [1.29, 1.82) is 0 Å². The summed E-state index contributed by atoms with van der Waals surface area (Å²) in [5.74, 6) is -1.68. The smallest absolute Gasteiger partial charge is 0.408 e. The molecule has 0 spiro atoms. The van der Waals surface area contributed by atoms with E-state index in [1.54, 1.807) is 44.7 Å². The number of hydrogen-bond donors (Lipinski definition) is 3. The maximum absolute atomic E-state index is 13.4. The number of likely N-dealkylation sites (tertiary alicyclic amines) is 1. The van der Waals surface area contributed by atoms with Crippen LogP contribution in [0.25, 0.3) is 0 Å². The largest absolute Gasteiger partial charge is 0.444 e. The Morgan fingerprint density at radius 1 is 0.976 bits per heavy atom. The van der Waals surface area contributed by atoms with Gasteiger partial charge in [0.25, 0.3) is 17.7 Å². The third kappa shape index (κ3) is 7.69. The Labute approximate surface area is 249 Å². The van der Waals surface area contributed by atoms with Crippen molar-refractivity contribution < 1.29 is 23.9 Å². The van der Waals surface area contributed by atoms with Crippen molar-refractivity contribution in [2.24, 2.45) is 0 Å². The number of carbonyl (C=O) groups excluding carboxylic acids is 4. The Bertz CT molecular complexity index is 1450. The number of benzene rings is 1. The van der Waals surface area contributed by atoms with Crippen LogP contribution in [-0.2, 0) is 16.0 Å². The summed E-state index contributed by atoms with van der Waals surface area (Å²) < 4.78 is 5.36. The van der Waals surface area contributed by atoms with Crippen molar-refractivity contribution in [3.63, 3.8) is 0 Å². The van der Waals surface area contributed by atoms with Crippen molar-refractivity contribution in [3.05, 3.63) is 81.6 Å². The van der Waals surface area contributed by atoms with E-state index in [0.717, 1.165) is 29.1 Å². The zero-order chi connectivity index (χ0) is 30.5. The fraction of sp³-hybridized carbons (Fsp3) is 0.400. The Kier molecular flexibility index (Phi) is 9.25. The fourth-order valence-corrected chi connectivity index (χ4v) is 5.59. The molecule has 222 valence electrons. The van der Waals surface area contributed by atoms with E-state index in [1.165, 1.54) is 17.4 Å². The summed E-state index contributed by atoms with van der Waals surface area (Å²) in [5.41, 5.74) is 4.28. The molecule has 0 radical (unpaired) electrons. The van der Waals surface area contributed by atoms with Crippen LogP contribution in [0.3, 0.4) is 0 Å². The standard InChI is InChI=1S/C30H36N6O5S/c1-19-18-42-25(31-19)23-15-10-16-36(23)26(38)22-14-9-13-21(32-22)24(37)34-35-27(39)30(5,17-20-11-7-6-8-12-20)33-28(40)41-29(2,3)4/h6-9,11-14,18,23H,10,15-17H2,1-5H3,(H,33,40)(H,34,37)(H,35,39). The van der Waals surface area contributed by atoms with Gasteiger partial charge in [0, 0.05) is 24.0 Å². The molecular formula is C30H36N6O5S. The second kappa shape index (κ2) is 12.7. The fourth-order valence-electron chi connectivity index (χ4n) is 4.65. The molecule has 11 nitrogen and oxygen atoms in total. The van der Waals surface area contributed by atoms with Gasteiger partial charge < -0.3 is 15.0 Å². The van der Waals surface area contributed by atoms with Crippen LogP contribution in [0.15, 0.2) is 53.9 Å².